The molecule has 6 heteroatoms. The molecule has 0 bridgehead atoms. The Hall–Kier alpha value is -3.93. The summed E-state index contributed by atoms with van der Waals surface area (Å²) in [5, 5.41) is 4.21. The van der Waals surface area contributed by atoms with E-state index in [-0.39, 0.29) is 31.2 Å². The van der Waals surface area contributed by atoms with Crippen LogP contribution >= 0.6 is 0 Å². The fourth-order valence-corrected chi connectivity index (χ4v) is 5.35. The van der Waals surface area contributed by atoms with Gasteiger partial charge < -0.3 is 15.2 Å². The number of aromatic nitrogens is 1. The van der Waals surface area contributed by atoms with Crippen molar-refractivity contribution in [2.45, 2.75) is 57.3 Å². The van der Waals surface area contributed by atoms with Gasteiger partial charge in [-0.2, -0.15) is 0 Å². The second-order valence-electron chi connectivity index (χ2n) is 10.4. The van der Waals surface area contributed by atoms with Gasteiger partial charge in [0.15, 0.2) is 0 Å². The first-order valence-corrected chi connectivity index (χ1v) is 13.3. The standard InChI is InChI=1S/C32H34FN3O2/c1-21(2)22-12-14-24(15-13-22)31(23-8-4-3-5-9-23)35-32(38)29-18-26(33)20-36(29)30(37)17-16-25-19-34-28-11-7-6-10-27(25)28/h3-15,19,21,26,29,31,34H,16-18,20H2,1-2H3,(H,35,38)/t26-,29+,31?/m1/s1. The number of fused-ring (bicyclic) bond motifs is 1. The summed E-state index contributed by atoms with van der Waals surface area (Å²) in [4.78, 5) is 31.5. The zero-order valence-corrected chi connectivity index (χ0v) is 21.9. The summed E-state index contributed by atoms with van der Waals surface area (Å²) in [6.07, 6.45) is 1.46. The molecule has 1 aromatic heterocycles. The Morgan fingerprint density at radius 3 is 2.34 bits per heavy atom. The highest BCUT2D eigenvalue weighted by Gasteiger charge is 2.40. The van der Waals surface area contributed by atoms with Gasteiger partial charge in [-0.1, -0.05) is 86.6 Å². The Balaban J connectivity index is 1.32. The molecule has 0 aliphatic carbocycles. The lowest BCUT2D eigenvalue weighted by Gasteiger charge is -2.27. The van der Waals surface area contributed by atoms with Crippen molar-refractivity contribution in [1.29, 1.82) is 0 Å². The Labute approximate surface area is 223 Å². The van der Waals surface area contributed by atoms with Crippen LogP contribution in [-0.2, 0) is 16.0 Å². The second kappa shape index (κ2) is 11.2. The van der Waals surface area contributed by atoms with Gasteiger partial charge in [0.2, 0.25) is 11.8 Å². The largest absolute Gasteiger partial charge is 0.361 e. The van der Waals surface area contributed by atoms with Crippen LogP contribution in [0.15, 0.2) is 85.1 Å². The molecule has 5 nitrogen and oxygen atoms in total. The van der Waals surface area contributed by atoms with Crippen LogP contribution in [0.3, 0.4) is 0 Å². The first-order valence-electron chi connectivity index (χ1n) is 13.3. The number of benzene rings is 3. The van der Waals surface area contributed by atoms with Crippen molar-refractivity contribution < 1.29 is 14.0 Å². The summed E-state index contributed by atoms with van der Waals surface area (Å²) >= 11 is 0. The molecule has 196 valence electrons. The molecular weight excluding hydrogens is 477 g/mol. The molecule has 0 radical (unpaired) electrons. The van der Waals surface area contributed by atoms with E-state index in [4.69, 9.17) is 0 Å². The van der Waals surface area contributed by atoms with Gasteiger partial charge in [-0.15, -0.1) is 0 Å². The van der Waals surface area contributed by atoms with Crippen LogP contribution in [-0.4, -0.2) is 40.5 Å². The average molecular weight is 512 g/mol. The van der Waals surface area contributed by atoms with E-state index in [1.165, 1.54) is 10.5 Å². The number of para-hydroxylation sites is 1. The molecule has 4 aromatic rings. The second-order valence-corrected chi connectivity index (χ2v) is 10.4. The third-order valence-corrected chi connectivity index (χ3v) is 7.51. The van der Waals surface area contributed by atoms with Crippen LogP contribution in [0.25, 0.3) is 10.9 Å². The number of aromatic amines is 1. The Morgan fingerprint density at radius 2 is 1.61 bits per heavy atom. The number of amides is 2. The number of H-pyrrole nitrogens is 1. The fourth-order valence-electron chi connectivity index (χ4n) is 5.35. The van der Waals surface area contributed by atoms with Gasteiger partial charge in [0.1, 0.15) is 12.2 Å². The lowest BCUT2D eigenvalue weighted by molar-refractivity contribution is -0.138. The lowest BCUT2D eigenvalue weighted by atomic mass is 9.95. The van der Waals surface area contributed by atoms with E-state index < -0.39 is 18.3 Å². The number of aryl methyl sites for hydroxylation is 1. The molecule has 3 atom stereocenters. The minimum Gasteiger partial charge on any atom is -0.361 e. The molecule has 5 rings (SSSR count). The van der Waals surface area contributed by atoms with Crippen molar-refractivity contribution in [3.63, 3.8) is 0 Å². The quantitative estimate of drug-likeness (QED) is 0.302. The van der Waals surface area contributed by atoms with E-state index in [0.717, 1.165) is 27.6 Å². The number of rotatable bonds is 8. The smallest absolute Gasteiger partial charge is 0.243 e. The highest BCUT2D eigenvalue weighted by Crippen LogP contribution is 2.28. The normalized spacial score (nSPS) is 18.2. The molecule has 2 amide bonds. The predicted octanol–water partition coefficient (Wildman–Crippen LogP) is 6.07. The van der Waals surface area contributed by atoms with E-state index in [9.17, 15) is 14.0 Å². The Morgan fingerprint density at radius 1 is 0.947 bits per heavy atom. The fraction of sp³-hybridized carbons (Fsp3) is 0.312. The van der Waals surface area contributed by atoms with Crippen LogP contribution in [0.1, 0.15) is 60.9 Å². The molecule has 1 aliphatic rings. The summed E-state index contributed by atoms with van der Waals surface area (Å²) in [5.41, 5.74) is 5.16. The van der Waals surface area contributed by atoms with Crippen LogP contribution in [0.2, 0.25) is 0 Å². The third kappa shape index (κ3) is 5.49. The highest BCUT2D eigenvalue weighted by molar-refractivity contribution is 5.89. The predicted molar refractivity (Wildman–Crippen MR) is 149 cm³/mol. The van der Waals surface area contributed by atoms with Gasteiger partial charge in [-0.3, -0.25) is 9.59 Å². The first kappa shape index (κ1) is 25.7. The van der Waals surface area contributed by atoms with Gasteiger partial charge >= 0.3 is 0 Å². The maximum Gasteiger partial charge on any atom is 0.243 e. The molecule has 0 saturated carbocycles. The van der Waals surface area contributed by atoms with E-state index in [1.54, 1.807) is 0 Å². The number of halogens is 1. The molecule has 0 spiro atoms. The summed E-state index contributed by atoms with van der Waals surface area (Å²) < 4.78 is 14.6. The van der Waals surface area contributed by atoms with E-state index >= 15 is 0 Å². The number of hydrogen-bond acceptors (Lipinski definition) is 2. The van der Waals surface area contributed by atoms with E-state index in [0.29, 0.717) is 12.3 Å². The number of carbonyl (C=O) groups excluding carboxylic acids is 2. The maximum absolute atomic E-state index is 14.6. The summed E-state index contributed by atoms with van der Waals surface area (Å²) in [5.74, 6) is -0.127. The molecule has 1 saturated heterocycles. The van der Waals surface area contributed by atoms with Crippen LogP contribution in [0.4, 0.5) is 4.39 Å². The van der Waals surface area contributed by atoms with Gasteiger partial charge in [-0.05, 0) is 40.7 Å². The zero-order chi connectivity index (χ0) is 26.6. The zero-order valence-electron chi connectivity index (χ0n) is 21.9. The van der Waals surface area contributed by atoms with Crippen LogP contribution < -0.4 is 5.32 Å². The summed E-state index contributed by atoms with van der Waals surface area (Å²) in [6.45, 7) is 4.23. The number of nitrogens with one attached hydrogen (secondary N) is 2. The van der Waals surface area contributed by atoms with Crippen molar-refractivity contribution >= 4 is 22.7 Å². The molecule has 1 fully saturated rings. The number of nitrogens with zero attached hydrogens (tertiary/aromatic N) is 1. The lowest BCUT2D eigenvalue weighted by Crippen LogP contribution is -2.47. The molecule has 2 N–H and O–H groups in total. The number of hydrogen-bond donors (Lipinski definition) is 2. The average Bonchev–Trinajstić information content (AvgIpc) is 3.54. The third-order valence-electron chi connectivity index (χ3n) is 7.51. The topological polar surface area (TPSA) is 65.2 Å². The molecule has 38 heavy (non-hydrogen) atoms. The monoisotopic (exact) mass is 511 g/mol. The van der Waals surface area contributed by atoms with E-state index in [1.807, 2.05) is 72.9 Å². The van der Waals surface area contributed by atoms with Crippen LogP contribution in [0, 0.1) is 0 Å². The van der Waals surface area contributed by atoms with Crippen molar-refractivity contribution in [3.8, 4) is 0 Å². The molecule has 1 aliphatic heterocycles. The van der Waals surface area contributed by atoms with Crippen LogP contribution in [0.5, 0.6) is 0 Å². The Kier molecular flexibility index (Phi) is 7.59. The first-order chi connectivity index (χ1) is 18.4. The number of alkyl halides is 1. The SMILES string of the molecule is CC(C)c1ccc(C(NC(=O)[C@@H]2C[C@@H](F)CN2C(=O)CCc2c[nH]c3ccccc23)c2ccccc2)cc1. The van der Waals surface area contributed by atoms with Gasteiger partial charge in [0.05, 0.1) is 12.6 Å². The van der Waals surface area contributed by atoms with Gasteiger partial charge in [0, 0.05) is 29.9 Å². The number of likely N-dealkylation sites (tertiary alicyclic amines) is 1. The van der Waals surface area contributed by atoms with Gasteiger partial charge in [0.25, 0.3) is 0 Å². The maximum atomic E-state index is 14.6. The number of carbonyl (C=O) groups is 2. The molecule has 1 unspecified atom stereocenters. The summed E-state index contributed by atoms with van der Waals surface area (Å²) in [7, 11) is 0. The minimum atomic E-state index is -1.22. The van der Waals surface area contributed by atoms with Crippen molar-refractivity contribution in [3.05, 3.63) is 107 Å². The van der Waals surface area contributed by atoms with E-state index in [2.05, 4.69) is 36.3 Å². The Bertz CT molecular complexity index is 1400. The van der Waals surface area contributed by atoms with Crippen molar-refractivity contribution in [2.24, 2.45) is 0 Å². The van der Waals surface area contributed by atoms with Crippen molar-refractivity contribution in [1.82, 2.24) is 15.2 Å². The summed E-state index contributed by atoms with van der Waals surface area (Å²) in [6, 6.07) is 24.7. The highest BCUT2D eigenvalue weighted by atomic mass is 19.1. The molecule has 2 heterocycles. The molecular formula is C32H34FN3O2. The minimum absolute atomic E-state index is 0.0124. The molecule has 3 aromatic carbocycles. The van der Waals surface area contributed by atoms with Gasteiger partial charge in [-0.25, -0.2) is 4.39 Å². The van der Waals surface area contributed by atoms with Crippen molar-refractivity contribution in [2.75, 3.05) is 6.54 Å².